The van der Waals surface area contributed by atoms with Crippen LogP contribution in [0.5, 0.6) is 0 Å². The first kappa shape index (κ1) is 14.4. The molecule has 0 saturated heterocycles. The first-order chi connectivity index (χ1) is 9.08. The second-order valence-electron chi connectivity index (χ2n) is 5.47. The Kier molecular flexibility index (Phi) is 4.91. The maximum Gasteiger partial charge on any atom is 0.235 e. The van der Waals surface area contributed by atoms with E-state index in [1.54, 1.807) is 11.8 Å². The van der Waals surface area contributed by atoms with Gasteiger partial charge in [-0.15, -0.1) is 11.8 Å². The Morgan fingerprint density at radius 3 is 2.84 bits per heavy atom. The quantitative estimate of drug-likeness (QED) is 0.900. The van der Waals surface area contributed by atoms with Crippen LogP contribution in [0, 0.1) is 6.92 Å². The van der Waals surface area contributed by atoms with E-state index in [2.05, 4.69) is 24.3 Å². The summed E-state index contributed by atoms with van der Waals surface area (Å²) in [6.07, 6.45) is 6.72. The summed E-state index contributed by atoms with van der Waals surface area (Å²) in [5.74, 6) is 1.47. The molecule has 0 radical (unpaired) electrons. The Morgan fingerprint density at radius 2 is 2.21 bits per heavy atom. The molecule has 0 unspecified atom stereocenters. The van der Waals surface area contributed by atoms with Gasteiger partial charge < -0.3 is 5.32 Å². The summed E-state index contributed by atoms with van der Waals surface area (Å²) in [5, 5.41) is 7.95. The lowest BCUT2D eigenvalue weighted by Crippen LogP contribution is -2.20. The van der Waals surface area contributed by atoms with Crippen molar-refractivity contribution in [3.8, 4) is 0 Å². The lowest BCUT2D eigenvalue weighted by molar-refractivity contribution is -0.113. The van der Waals surface area contributed by atoms with Crippen LogP contribution in [0.4, 0.5) is 5.82 Å². The molecule has 19 heavy (non-hydrogen) atoms. The molecule has 0 atom stereocenters. The summed E-state index contributed by atoms with van der Waals surface area (Å²) in [7, 11) is 0. The van der Waals surface area contributed by atoms with Gasteiger partial charge in [0.15, 0.2) is 0 Å². The van der Waals surface area contributed by atoms with E-state index < -0.39 is 0 Å². The number of hydrogen-bond acceptors (Lipinski definition) is 3. The number of carbonyl (C=O) groups excluding carboxylic acids is 1. The summed E-state index contributed by atoms with van der Waals surface area (Å²) in [6, 6.07) is 0.460. The molecule has 5 heteroatoms. The van der Waals surface area contributed by atoms with Crippen LogP contribution in [0.2, 0.25) is 0 Å². The Morgan fingerprint density at radius 1 is 1.53 bits per heavy atom. The molecule has 1 aliphatic rings. The molecule has 4 nitrogen and oxygen atoms in total. The predicted molar refractivity (Wildman–Crippen MR) is 80.7 cm³/mol. The topological polar surface area (TPSA) is 46.9 Å². The van der Waals surface area contributed by atoms with Gasteiger partial charge in [-0.3, -0.25) is 4.79 Å². The minimum atomic E-state index is 0.0709. The summed E-state index contributed by atoms with van der Waals surface area (Å²) >= 11 is 1.66. The van der Waals surface area contributed by atoms with Crippen molar-refractivity contribution in [1.82, 2.24) is 9.78 Å². The summed E-state index contributed by atoms with van der Waals surface area (Å²) in [4.78, 5) is 12.0. The summed E-state index contributed by atoms with van der Waals surface area (Å²) < 4.78 is 2.01. The lowest BCUT2D eigenvalue weighted by atomic mass is 10.2. The number of nitrogens with one attached hydrogen (secondary N) is 1. The molecule has 1 amide bonds. The zero-order valence-corrected chi connectivity index (χ0v) is 12.8. The highest BCUT2D eigenvalue weighted by molar-refractivity contribution is 8.00. The monoisotopic (exact) mass is 281 g/mol. The third kappa shape index (κ3) is 3.75. The average Bonchev–Trinajstić information content (AvgIpc) is 2.98. The van der Waals surface area contributed by atoms with E-state index in [-0.39, 0.29) is 5.91 Å². The first-order valence-corrected chi connectivity index (χ1v) is 8.08. The molecule has 0 bridgehead atoms. The second-order valence-corrected chi connectivity index (χ2v) is 7.03. The second kappa shape index (κ2) is 6.46. The van der Waals surface area contributed by atoms with E-state index in [0.717, 1.165) is 11.4 Å². The Hall–Kier alpha value is -0.970. The van der Waals surface area contributed by atoms with Gasteiger partial charge in [-0.2, -0.15) is 5.10 Å². The van der Waals surface area contributed by atoms with Crippen LogP contribution in [-0.2, 0) is 4.79 Å². The minimum Gasteiger partial charge on any atom is -0.310 e. The van der Waals surface area contributed by atoms with Crippen molar-refractivity contribution in [3.63, 3.8) is 0 Å². The maximum atomic E-state index is 12.0. The molecule has 1 heterocycles. The summed E-state index contributed by atoms with van der Waals surface area (Å²) in [5.41, 5.74) is 1.05. The smallest absolute Gasteiger partial charge is 0.235 e. The molecule has 0 aromatic carbocycles. The molecular formula is C14H23N3OS. The van der Waals surface area contributed by atoms with Gasteiger partial charge in [0, 0.05) is 5.56 Å². The van der Waals surface area contributed by atoms with Gasteiger partial charge in [-0.1, -0.05) is 26.7 Å². The van der Waals surface area contributed by atoms with E-state index in [1.807, 2.05) is 17.8 Å². The zero-order valence-electron chi connectivity index (χ0n) is 12.0. The van der Waals surface area contributed by atoms with Gasteiger partial charge in [-0.05, 0) is 25.0 Å². The molecule has 106 valence electrons. The van der Waals surface area contributed by atoms with E-state index in [0.29, 0.717) is 17.0 Å². The van der Waals surface area contributed by atoms with Gasteiger partial charge in [0.2, 0.25) is 5.91 Å². The molecule has 1 fully saturated rings. The molecule has 0 aliphatic heterocycles. The highest BCUT2D eigenvalue weighted by Crippen LogP contribution is 2.32. The van der Waals surface area contributed by atoms with E-state index in [9.17, 15) is 4.79 Å². The van der Waals surface area contributed by atoms with Gasteiger partial charge >= 0.3 is 0 Å². The normalized spacial score (nSPS) is 16.2. The molecule has 1 aliphatic carbocycles. The molecule has 2 rings (SSSR count). The molecule has 0 spiro atoms. The van der Waals surface area contributed by atoms with E-state index in [1.165, 1.54) is 25.7 Å². The standard InChI is InChI=1S/C14H23N3OS/c1-10(2)19-9-13(18)16-14-11(3)8-15-17(14)12-6-4-5-7-12/h8,10,12H,4-7,9H2,1-3H3,(H,16,18). The number of rotatable bonds is 5. The van der Waals surface area contributed by atoms with Gasteiger partial charge in [-0.25, -0.2) is 4.68 Å². The van der Waals surface area contributed by atoms with Crippen LogP contribution in [0.1, 0.15) is 51.1 Å². The van der Waals surface area contributed by atoms with Crippen LogP contribution in [0.25, 0.3) is 0 Å². The van der Waals surface area contributed by atoms with Gasteiger partial charge in [0.05, 0.1) is 18.0 Å². The van der Waals surface area contributed by atoms with Crippen molar-refractivity contribution in [2.24, 2.45) is 0 Å². The van der Waals surface area contributed by atoms with Crippen molar-refractivity contribution in [2.75, 3.05) is 11.1 Å². The first-order valence-electron chi connectivity index (χ1n) is 7.03. The minimum absolute atomic E-state index is 0.0709. The van der Waals surface area contributed by atoms with Crippen molar-refractivity contribution in [1.29, 1.82) is 0 Å². The molecular weight excluding hydrogens is 258 g/mol. The zero-order chi connectivity index (χ0) is 13.8. The van der Waals surface area contributed by atoms with Crippen LogP contribution < -0.4 is 5.32 Å². The highest BCUT2D eigenvalue weighted by atomic mass is 32.2. The predicted octanol–water partition coefficient (Wildman–Crippen LogP) is 3.39. The highest BCUT2D eigenvalue weighted by Gasteiger charge is 2.22. The number of carbonyl (C=O) groups is 1. The third-order valence-electron chi connectivity index (χ3n) is 3.45. The van der Waals surface area contributed by atoms with Gasteiger partial charge in [0.1, 0.15) is 5.82 Å². The Bertz CT molecular complexity index is 436. The van der Waals surface area contributed by atoms with Crippen molar-refractivity contribution in [3.05, 3.63) is 11.8 Å². The number of hydrogen-bond donors (Lipinski definition) is 1. The van der Waals surface area contributed by atoms with Crippen LogP contribution in [0.3, 0.4) is 0 Å². The van der Waals surface area contributed by atoms with Crippen molar-refractivity contribution < 1.29 is 4.79 Å². The largest absolute Gasteiger partial charge is 0.310 e. The van der Waals surface area contributed by atoms with Crippen molar-refractivity contribution >= 4 is 23.5 Å². The van der Waals surface area contributed by atoms with Crippen LogP contribution in [0.15, 0.2) is 6.20 Å². The fourth-order valence-corrected chi connectivity index (χ4v) is 3.00. The van der Waals surface area contributed by atoms with Crippen molar-refractivity contribution in [2.45, 2.75) is 57.7 Å². The number of amides is 1. The molecule has 1 saturated carbocycles. The van der Waals surface area contributed by atoms with E-state index >= 15 is 0 Å². The lowest BCUT2D eigenvalue weighted by Gasteiger charge is -2.15. The number of aromatic nitrogens is 2. The maximum absolute atomic E-state index is 12.0. The third-order valence-corrected chi connectivity index (χ3v) is 4.55. The fourth-order valence-electron chi connectivity index (χ4n) is 2.44. The Balaban J connectivity index is 2.02. The van der Waals surface area contributed by atoms with Crippen LogP contribution in [-0.4, -0.2) is 26.7 Å². The number of thioether (sulfide) groups is 1. The number of nitrogens with zero attached hydrogens (tertiary/aromatic N) is 2. The van der Waals surface area contributed by atoms with Gasteiger partial charge in [0.25, 0.3) is 0 Å². The molecule has 1 aromatic heterocycles. The SMILES string of the molecule is Cc1cnn(C2CCCC2)c1NC(=O)CSC(C)C. The fraction of sp³-hybridized carbons (Fsp3) is 0.714. The number of anilines is 1. The summed E-state index contributed by atoms with van der Waals surface area (Å²) in [6.45, 7) is 6.21. The number of aryl methyl sites for hydroxylation is 1. The van der Waals surface area contributed by atoms with Crippen LogP contribution >= 0.6 is 11.8 Å². The van der Waals surface area contributed by atoms with E-state index in [4.69, 9.17) is 0 Å². The average molecular weight is 281 g/mol. The molecule has 1 N–H and O–H groups in total. The Labute approximate surface area is 119 Å². The molecule has 1 aromatic rings.